The molecule has 0 aromatic heterocycles. The van der Waals surface area contributed by atoms with E-state index in [0.717, 1.165) is 5.56 Å². The van der Waals surface area contributed by atoms with Crippen LogP contribution >= 0.6 is 11.6 Å². The van der Waals surface area contributed by atoms with Crippen LogP contribution in [0.1, 0.15) is 28.8 Å². The van der Waals surface area contributed by atoms with E-state index in [1.807, 2.05) is 30.3 Å². The molecule has 1 heterocycles. The van der Waals surface area contributed by atoms with E-state index in [1.54, 1.807) is 4.90 Å². The predicted molar refractivity (Wildman–Crippen MR) is 108 cm³/mol. The summed E-state index contributed by atoms with van der Waals surface area (Å²) in [5.74, 6) is -1.51. The van der Waals surface area contributed by atoms with Crippen molar-refractivity contribution in [2.75, 3.05) is 18.4 Å². The molecule has 0 spiro atoms. The quantitative estimate of drug-likeness (QED) is 0.767. The Morgan fingerprint density at radius 3 is 2.45 bits per heavy atom. The maximum atomic E-state index is 12.8. The first kappa shape index (κ1) is 20.7. The second-order valence-corrected chi connectivity index (χ2v) is 7.26. The Labute approximate surface area is 173 Å². The molecule has 0 aliphatic carbocycles. The van der Waals surface area contributed by atoms with E-state index in [-0.39, 0.29) is 12.5 Å². The summed E-state index contributed by atoms with van der Waals surface area (Å²) in [7, 11) is 0. The molecule has 1 aliphatic heterocycles. The Morgan fingerprint density at radius 2 is 1.79 bits per heavy atom. The van der Waals surface area contributed by atoms with E-state index in [1.165, 1.54) is 18.2 Å². The second kappa shape index (κ2) is 9.43. The highest BCUT2D eigenvalue weighted by atomic mass is 35.5. The van der Waals surface area contributed by atoms with Crippen LogP contribution in [0, 0.1) is 5.92 Å². The summed E-state index contributed by atoms with van der Waals surface area (Å²) in [6, 6.07) is 13.8. The Hall–Kier alpha value is -3.06. The molecule has 1 aliphatic rings. The van der Waals surface area contributed by atoms with Gasteiger partial charge in [-0.2, -0.15) is 0 Å². The molecule has 152 valence electrons. The molecule has 0 bridgehead atoms. The molecule has 8 heteroatoms. The van der Waals surface area contributed by atoms with E-state index in [4.69, 9.17) is 21.4 Å². The fourth-order valence-corrected chi connectivity index (χ4v) is 3.41. The number of anilines is 1. The van der Waals surface area contributed by atoms with Gasteiger partial charge >= 0.3 is 12.1 Å². The van der Waals surface area contributed by atoms with Crippen LogP contribution in [-0.2, 0) is 16.1 Å². The van der Waals surface area contributed by atoms with E-state index >= 15 is 0 Å². The van der Waals surface area contributed by atoms with Crippen LogP contribution in [0.2, 0.25) is 5.02 Å². The molecule has 2 aromatic carbocycles. The molecular formula is C21H21ClN2O5. The number of aliphatic carboxylic acids is 1. The van der Waals surface area contributed by atoms with Crippen molar-refractivity contribution in [3.05, 3.63) is 64.7 Å². The van der Waals surface area contributed by atoms with Crippen molar-refractivity contribution in [2.24, 2.45) is 5.92 Å². The highest BCUT2D eigenvalue weighted by Crippen LogP contribution is 2.23. The van der Waals surface area contributed by atoms with Gasteiger partial charge < -0.3 is 14.7 Å². The van der Waals surface area contributed by atoms with Gasteiger partial charge in [-0.1, -0.05) is 41.9 Å². The minimum atomic E-state index is -0.833. The molecule has 1 saturated heterocycles. The number of carboxylic acids is 1. The average Bonchev–Trinajstić information content (AvgIpc) is 2.72. The van der Waals surface area contributed by atoms with Gasteiger partial charge in [-0.3, -0.25) is 14.9 Å². The summed E-state index contributed by atoms with van der Waals surface area (Å²) in [5.41, 5.74) is 1.53. The van der Waals surface area contributed by atoms with E-state index in [0.29, 0.717) is 42.2 Å². The number of rotatable bonds is 5. The van der Waals surface area contributed by atoms with Crippen LogP contribution in [0.5, 0.6) is 0 Å². The van der Waals surface area contributed by atoms with E-state index < -0.39 is 18.0 Å². The lowest BCUT2D eigenvalue weighted by molar-refractivity contribution is -0.143. The van der Waals surface area contributed by atoms with Crippen LogP contribution in [0.25, 0.3) is 0 Å². The van der Waals surface area contributed by atoms with Crippen molar-refractivity contribution in [3.8, 4) is 0 Å². The number of hydrogen-bond donors (Lipinski definition) is 2. The topological polar surface area (TPSA) is 95.9 Å². The van der Waals surface area contributed by atoms with Crippen LogP contribution in [0.15, 0.2) is 48.5 Å². The maximum absolute atomic E-state index is 12.8. The lowest BCUT2D eigenvalue weighted by Crippen LogP contribution is -2.40. The minimum absolute atomic E-state index is 0.123. The molecule has 2 amide bonds. The standard InChI is InChI=1S/C21H21ClN2O5/c22-17-10-16(19(25)24-8-6-15(7-9-24)20(26)27)11-18(12-17)23-21(28)29-13-14-4-2-1-3-5-14/h1-5,10-12,15H,6-9,13H2,(H,23,28)(H,26,27). The molecule has 0 radical (unpaired) electrons. The van der Waals surface area contributed by atoms with Crippen molar-refractivity contribution in [1.29, 1.82) is 0 Å². The fourth-order valence-electron chi connectivity index (χ4n) is 3.17. The van der Waals surface area contributed by atoms with Crippen LogP contribution in [-0.4, -0.2) is 41.1 Å². The van der Waals surface area contributed by atoms with Gasteiger partial charge in [-0.25, -0.2) is 4.79 Å². The lowest BCUT2D eigenvalue weighted by Gasteiger charge is -2.30. The fraction of sp³-hybridized carbons (Fsp3) is 0.286. The highest BCUT2D eigenvalue weighted by molar-refractivity contribution is 6.31. The van der Waals surface area contributed by atoms with Gasteiger partial charge in [0.25, 0.3) is 5.91 Å². The number of hydrogen-bond acceptors (Lipinski definition) is 4. The number of nitrogens with one attached hydrogen (secondary N) is 1. The van der Waals surface area contributed by atoms with Crippen molar-refractivity contribution in [2.45, 2.75) is 19.4 Å². The molecule has 2 N–H and O–H groups in total. The Balaban J connectivity index is 1.61. The SMILES string of the molecule is O=C(Nc1cc(Cl)cc(C(=O)N2CCC(C(=O)O)CC2)c1)OCc1ccccc1. The number of amides is 2. The third kappa shape index (κ3) is 5.71. The predicted octanol–water partition coefficient (Wildman–Crippen LogP) is 4.03. The zero-order valence-electron chi connectivity index (χ0n) is 15.6. The second-order valence-electron chi connectivity index (χ2n) is 6.82. The number of likely N-dealkylation sites (tertiary alicyclic amines) is 1. The zero-order valence-corrected chi connectivity index (χ0v) is 16.4. The van der Waals surface area contributed by atoms with Crippen LogP contribution in [0.4, 0.5) is 10.5 Å². The third-order valence-corrected chi connectivity index (χ3v) is 4.95. The summed E-state index contributed by atoms with van der Waals surface area (Å²) in [6.07, 6.45) is 0.175. The monoisotopic (exact) mass is 416 g/mol. The first-order valence-corrected chi connectivity index (χ1v) is 9.60. The molecule has 3 rings (SSSR count). The normalized spacial score (nSPS) is 14.3. The number of benzene rings is 2. The van der Waals surface area contributed by atoms with Crippen molar-refractivity contribution in [1.82, 2.24) is 4.90 Å². The molecule has 0 unspecified atom stereocenters. The van der Waals surface area contributed by atoms with Gasteiger partial charge in [-0.15, -0.1) is 0 Å². The summed E-state index contributed by atoms with van der Waals surface area (Å²) in [5, 5.41) is 12.0. The lowest BCUT2D eigenvalue weighted by atomic mass is 9.96. The minimum Gasteiger partial charge on any atom is -0.481 e. The van der Waals surface area contributed by atoms with Gasteiger partial charge in [0.05, 0.1) is 5.92 Å². The molecule has 29 heavy (non-hydrogen) atoms. The first-order valence-electron chi connectivity index (χ1n) is 9.23. The number of carboxylic acid groups (broad SMARTS) is 1. The number of halogens is 1. The van der Waals surface area contributed by atoms with Crippen molar-refractivity contribution in [3.63, 3.8) is 0 Å². The van der Waals surface area contributed by atoms with Crippen molar-refractivity contribution < 1.29 is 24.2 Å². The highest BCUT2D eigenvalue weighted by Gasteiger charge is 2.27. The smallest absolute Gasteiger partial charge is 0.411 e. The molecule has 0 atom stereocenters. The van der Waals surface area contributed by atoms with Gasteiger partial charge in [0, 0.05) is 29.4 Å². The summed E-state index contributed by atoms with van der Waals surface area (Å²) >= 11 is 6.11. The largest absolute Gasteiger partial charge is 0.481 e. The number of ether oxygens (including phenoxy) is 1. The van der Waals surface area contributed by atoms with E-state index in [2.05, 4.69) is 5.32 Å². The van der Waals surface area contributed by atoms with Crippen LogP contribution < -0.4 is 5.32 Å². The maximum Gasteiger partial charge on any atom is 0.411 e. The molecular weight excluding hydrogens is 396 g/mol. The van der Waals surface area contributed by atoms with Gasteiger partial charge in [0.15, 0.2) is 0 Å². The third-order valence-electron chi connectivity index (χ3n) is 4.74. The van der Waals surface area contributed by atoms with Crippen LogP contribution in [0.3, 0.4) is 0 Å². The molecule has 1 fully saturated rings. The number of piperidine rings is 1. The summed E-state index contributed by atoms with van der Waals surface area (Å²) < 4.78 is 5.18. The first-order chi connectivity index (χ1) is 13.9. The van der Waals surface area contributed by atoms with Gasteiger partial charge in [0.2, 0.25) is 0 Å². The van der Waals surface area contributed by atoms with Gasteiger partial charge in [-0.05, 0) is 36.6 Å². The Bertz CT molecular complexity index is 895. The number of carbonyl (C=O) groups is 3. The van der Waals surface area contributed by atoms with Gasteiger partial charge in [0.1, 0.15) is 6.61 Å². The van der Waals surface area contributed by atoms with Crippen molar-refractivity contribution >= 4 is 35.3 Å². The Kier molecular flexibility index (Phi) is 6.72. The number of nitrogens with zero attached hydrogens (tertiary/aromatic N) is 1. The molecule has 0 saturated carbocycles. The van der Waals surface area contributed by atoms with E-state index in [9.17, 15) is 14.4 Å². The molecule has 7 nitrogen and oxygen atoms in total. The zero-order chi connectivity index (χ0) is 20.8. The number of carbonyl (C=O) groups excluding carboxylic acids is 2. The summed E-state index contributed by atoms with van der Waals surface area (Å²) in [6.45, 7) is 0.853. The molecule has 2 aromatic rings. The Morgan fingerprint density at radius 1 is 1.10 bits per heavy atom. The summed E-state index contributed by atoms with van der Waals surface area (Å²) in [4.78, 5) is 37.5. The average molecular weight is 417 g/mol.